The quantitative estimate of drug-likeness (QED) is 0.503. The van der Waals surface area contributed by atoms with Gasteiger partial charge in [0.05, 0.1) is 5.60 Å². The van der Waals surface area contributed by atoms with E-state index in [4.69, 9.17) is 0 Å². The molecule has 4 aliphatic rings. The van der Waals surface area contributed by atoms with Crippen LogP contribution >= 0.6 is 0 Å². The van der Waals surface area contributed by atoms with E-state index < -0.39 is 0 Å². The van der Waals surface area contributed by atoms with E-state index in [9.17, 15) is 5.11 Å². The molecule has 0 bridgehead atoms. The number of hydrogen-bond acceptors (Lipinski definition) is 1. The highest BCUT2D eigenvalue weighted by Crippen LogP contribution is 2.65. The molecular formula is C27H52O. The molecule has 0 saturated heterocycles. The Kier molecular flexibility index (Phi) is 8.52. The first-order valence-electron chi connectivity index (χ1n) is 13.1. The van der Waals surface area contributed by atoms with E-state index in [-0.39, 0.29) is 5.60 Å². The minimum absolute atomic E-state index is 0.369. The molecule has 4 fully saturated rings. The maximum atomic E-state index is 10.5. The van der Waals surface area contributed by atoms with Gasteiger partial charge < -0.3 is 5.11 Å². The number of rotatable bonds is 2. The van der Waals surface area contributed by atoms with Crippen LogP contribution in [-0.2, 0) is 0 Å². The van der Waals surface area contributed by atoms with Crippen molar-refractivity contribution in [2.75, 3.05) is 0 Å². The SMILES string of the molecule is CC.CC.CCC(C)C1CCC2C3CCC4C[C@](C)(O)CCC4C3CCC12C. The lowest BCUT2D eigenvalue weighted by molar-refractivity contribution is -0.102. The van der Waals surface area contributed by atoms with E-state index in [1.807, 2.05) is 27.7 Å². The lowest BCUT2D eigenvalue weighted by Gasteiger charge is -2.57. The zero-order chi connectivity index (χ0) is 21.1. The van der Waals surface area contributed by atoms with Crippen LogP contribution in [0.1, 0.15) is 120 Å². The Bertz CT molecular complexity index is 469. The predicted octanol–water partition coefficient (Wildman–Crippen LogP) is 8.10. The molecule has 166 valence electrons. The van der Waals surface area contributed by atoms with Crippen LogP contribution in [-0.4, -0.2) is 10.7 Å². The zero-order valence-corrected chi connectivity index (χ0v) is 20.6. The van der Waals surface area contributed by atoms with Crippen LogP contribution in [0.3, 0.4) is 0 Å². The zero-order valence-electron chi connectivity index (χ0n) is 20.6. The third-order valence-corrected chi connectivity index (χ3v) is 9.64. The Hall–Kier alpha value is -0.0400. The first kappa shape index (κ1) is 24.2. The van der Waals surface area contributed by atoms with E-state index >= 15 is 0 Å². The molecule has 1 nitrogen and oxygen atoms in total. The Balaban J connectivity index is 0.000000660. The molecule has 0 aromatic heterocycles. The standard InChI is InChI=1S/C23H40O.2C2H6/c1-5-15(2)20-8-9-21-19-7-6-16-14-22(3,24)12-10-17(16)18(19)11-13-23(20,21)4;2*1-2/h15-21,24H,5-14H2,1-4H3;2*1-2H3/t15?,16?,17?,18?,19?,20?,21?,22-,23?;;/m1../s1. The second-order valence-electron chi connectivity index (χ2n) is 10.8. The van der Waals surface area contributed by atoms with E-state index in [1.165, 1.54) is 51.4 Å². The lowest BCUT2D eigenvalue weighted by Crippen LogP contribution is -2.50. The Labute approximate surface area is 177 Å². The van der Waals surface area contributed by atoms with Gasteiger partial charge in [-0.3, -0.25) is 0 Å². The van der Waals surface area contributed by atoms with Crippen molar-refractivity contribution in [2.24, 2.45) is 46.8 Å². The van der Waals surface area contributed by atoms with Gasteiger partial charge in [0.15, 0.2) is 0 Å². The second-order valence-corrected chi connectivity index (χ2v) is 10.8. The Morgan fingerprint density at radius 3 is 2.11 bits per heavy atom. The first-order chi connectivity index (χ1) is 13.4. The van der Waals surface area contributed by atoms with Crippen LogP contribution in [0.5, 0.6) is 0 Å². The number of aliphatic hydroxyl groups is 1. The minimum atomic E-state index is -0.369. The van der Waals surface area contributed by atoms with Gasteiger partial charge in [0, 0.05) is 0 Å². The molecular weight excluding hydrogens is 340 g/mol. The maximum Gasteiger partial charge on any atom is 0.0622 e. The van der Waals surface area contributed by atoms with Gasteiger partial charge >= 0.3 is 0 Å². The summed E-state index contributed by atoms with van der Waals surface area (Å²) in [6.07, 6.45) is 13.7. The third-order valence-electron chi connectivity index (χ3n) is 9.64. The predicted molar refractivity (Wildman–Crippen MR) is 123 cm³/mol. The molecule has 1 N–H and O–H groups in total. The minimum Gasteiger partial charge on any atom is -0.390 e. The molecule has 28 heavy (non-hydrogen) atoms. The molecule has 4 rings (SSSR count). The van der Waals surface area contributed by atoms with Crippen molar-refractivity contribution < 1.29 is 5.11 Å². The average Bonchev–Trinajstić information content (AvgIpc) is 3.06. The number of hydrogen-bond donors (Lipinski definition) is 1. The maximum absolute atomic E-state index is 10.5. The Morgan fingerprint density at radius 2 is 1.46 bits per heavy atom. The molecule has 4 aliphatic carbocycles. The van der Waals surface area contributed by atoms with Crippen LogP contribution in [0.4, 0.5) is 0 Å². The number of fused-ring (bicyclic) bond motifs is 5. The van der Waals surface area contributed by atoms with Gasteiger partial charge in [0.1, 0.15) is 0 Å². The smallest absolute Gasteiger partial charge is 0.0622 e. The van der Waals surface area contributed by atoms with E-state index in [1.54, 1.807) is 0 Å². The van der Waals surface area contributed by atoms with E-state index in [0.29, 0.717) is 5.41 Å². The van der Waals surface area contributed by atoms with Crippen molar-refractivity contribution in [3.05, 3.63) is 0 Å². The summed E-state index contributed by atoms with van der Waals surface area (Å²) in [6, 6.07) is 0. The molecule has 0 aliphatic heterocycles. The summed E-state index contributed by atoms with van der Waals surface area (Å²) in [5.74, 6) is 6.69. The van der Waals surface area contributed by atoms with Gasteiger partial charge in [-0.1, -0.05) is 54.9 Å². The van der Waals surface area contributed by atoms with Crippen molar-refractivity contribution >= 4 is 0 Å². The molecule has 0 amide bonds. The fourth-order valence-electron chi connectivity index (χ4n) is 8.34. The highest BCUT2D eigenvalue weighted by molar-refractivity contribution is 5.07. The summed E-state index contributed by atoms with van der Waals surface area (Å²) in [7, 11) is 0. The molecule has 1 heteroatoms. The summed E-state index contributed by atoms with van der Waals surface area (Å²) in [4.78, 5) is 0. The fourth-order valence-corrected chi connectivity index (χ4v) is 8.34. The van der Waals surface area contributed by atoms with Crippen molar-refractivity contribution in [1.29, 1.82) is 0 Å². The van der Waals surface area contributed by atoms with Gasteiger partial charge in [0.2, 0.25) is 0 Å². The summed E-state index contributed by atoms with van der Waals surface area (Å²) in [6.45, 7) is 17.7. The van der Waals surface area contributed by atoms with Crippen molar-refractivity contribution in [3.8, 4) is 0 Å². The summed E-state index contributed by atoms with van der Waals surface area (Å²) in [5, 5.41) is 10.5. The fraction of sp³-hybridized carbons (Fsp3) is 1.00. The van der Waals surface area contributed by atoms with E-state index in [0.717, 1.165) is 54.3 Å². The van der Waals surface area contributed by atoms with Gasteiger partial charge in [-0.25, -0.2) is 0 Å². The molecule has 0 aromatic rings. The molecule has 8 unspecified atom stereocenters. The van der Waals surface area contributed by atoms with Crippen LogP contribution in [0.2, 0.25) is 0 Å². The Morgan fingerprint density at radius 1 is 0.821 bits per heavy atom. The van der Waals surface area contributed by atoms with E-state index in [2.05, 4.69) is 27.7 Å². The largest absolute Gasteiger partial charge is 0.390 e. The molecule has 0 heterocycles. The highest BCUT2D eigenvalue weighted by atomic mass is 16.3. The molecule has 0 spiro atoms. The summed E-state index contributed by atoms with van der Waals surface area (Å²) in [5.41, 5.74) is 0.274. The second kappa shape index (κ2) is 9.84. The van der Waals surface area contributed by atoms with Gasteiger partial charge in [0.25, 0.3) is 0 Å². The van der Waals surface area contributed by atoms with Crippen molar-refractivity contribution in [2.45, 2.75) is 125 Å². The monoisotopic (exact) mass is 392 g/mol. The first-order valence-corrected chi connectivity index (χ1v) is 13.1. The van der Waals surface area contributed by atoms with Crippen LogP contribution in [0, 0.1) is 46.8 Å². The van der Waals surface area contributed by atoms with Crippen LogP contribution < -0.4 is 0 Å². The van der Waals surface area contributed by atoms with Gasteiger partial charge in [-0.15, -0.1) is 0 Å². The van der Waals surface area contributed by atoms with Crippen LogP contribution in [0.15, 0.2) is 0 Å². The molecule has 0 radical (unpaired) electrons. The van der Waals surface area contributed by atoms with Gasteiger partial charge in [-0.05, 0) is 112 Å². The molecule has 9 atom stereocenters. The normalized spacial score (nSPS) is 47.9. The van der Waals surface area contributed by atoms with Crippen molar-refractivity contribution in [1.82, 2.24) is 0 Å². The topological polar surface area (TPSA) is 20.2 Å². The molecule has 4 saturated carbocycles. The van der Waals surface area contributed by atoms with Gasteiger partial charge in [-0.2, -0.15) is 0 Å². The van der Waals surface area contributed by atoms with Crippen LogP contribution in [0.25, 0.3) is 0 Å². The summed E-state index contributed by atoms with van der Waals surface area (Å²) >= 11 is 0. The van der Waals surface area contributed by atoms with Crippen molar-refractivity contribution in [3.63, 3.8) is 0 Å². The molecule has 0 aromatic carbocycles. The summed E-state index contributed by atoms with van der Waals surface area (Å²) < 4.78 is 0. The average molecular weight is 393 g/mol. The highest BCUT2D eigenvalue weighted by Gasteiger charge is 2.57. The lowest BCUT2D eigenvalue weighted by atomic mass is 9.48. The third kappa shape index (κ3) is 4.35.